The van der Waals surface area contributed by atoms with Gasteiger partial charge in [-0.15, -0.1) is 0 Å². The summed E-state index contributed by atoms with van der Waals surface area (Å²) in [6.07, 6.45) is 1.46. The van der Waals surface area contributed by atoms with Crippen LogP contribution in [0.15, 0.2) is 66.9 Å². The van der Waals surface area contributed by atoms with Gasteiger partial charge in [0.15, 0.2) is 0 Å². The van der Waals surface area contributed by atoms with Crippen LogP contribution in [-0.2, 0) is 6.54 Å². The molecule has 0 saturated heterocycles. The van der Waals surface area contributed by atoms with Crippen molar-refractivity contribution in [3.8, 4) is 5.75 Å². The van der Waals surface area contributed by atoms with E-state index >= 15 is 0 Å². The molecule has 6 nitrogen and oxygen atoms in total. The first kappa shape index (κ1) is 20.1. The Morgan fingerprint density at radius 1 is 1.07 bits per heavy atom. The summed E-state index contributed by atoms with van der Waals surface area (Å²) in [4.78, 5) is 31.2. The van der Waals surface area contributed by atoms with Gasteiger partial charge in [-0.3, -0.25) is 14.6 Å². The molecule has 29 heavy (non-hydrogen) atoms. The van der Waals surface area contributed by atoms with Crippen molar-refractivity contribution in [3.05, 3.63) is 89.2 Å². The van der Waals surface area contributed by atoms with Crippen molar-refractivity contribution in [2.24, 2.45) is 0 Å². The SMILES string of the molecule is COc1ccc(C)cc1NC(=O)c1cc(C(=O)N(C)Cc2ccccc2)ccn1. The summed E-state index contributed by atoms with van der Waals surface area (Å²) in [7, 11) is 3.27. The van der Waals surface area contributed by atoms with Crippen LogP contribution in [-0.4, -0.2) is 35.9 Å². The van der Waals surface area contributed by atoms with Gasteiger partial charge in [0, 0.05) is 25.4 Å². The Hall–Kier alpha value is -3.67. The molecular weight excluding hydrogens is 366 g/mol. The average Bonchev–Trinajstić information content (AvgIpc) is 2.74. The number of aromatic nitrogens is 1. The number of ether oxygens (including phenoxy) is 1. The highest BCUT2D eigenvalue weighted by Gasteiger charge is 2.16. The molecule has 0 bridgehead atoms. The summed E-state index contributed by atoms with van der Waals surface area (Å²) in [5.74, 6) is -0.0357. The van der Waals surface area contributed by atoms with Crippen LogP contribution in [0.5, 0.6) is 5.75 Å². The summed E-state index contributed by atoms with van der Waals surface area (Å²) < 4.78 is 5.29. The molecule has 0 fully saturated rings. The van der Waals surface area contributed by atoms with Crippen LogP contribution in [0.4, 0.5) is 5.69 Å². The Kier molecular flexibility index (Phi) is 6.24. The summed E-state index contributed by atoms with van der Waals surface area (Å²) in [5, 5.41) is 2.80. The van der Waals surface area contributed by atoms with Gasteiger partial charge in [-0.05, 0) is 42.3 Å². The monoisotopic (exact) mass is 389 g/mol. The van der Waals surface area contributed by atoms with E-state index in [1.807, 2.05) is 49.4 Å². The number of aryl methyl sites for hydroxylation is 1. The highest BCUT2D eigenvalue weighted by Crippen LogP contribution is 2.25. The number of nitrogens with zero attached hydrogens (tertiary/aromatic N) is 2. The second kappa shape index (κ2) is 9.01. The molecule has 0 aliphatic carbocycles. The third-order valence-electron chi connectivity index (χ3n) is 4.45. The van der Waals surface area contributed by atoms with Crippen LogP contribution >= 0.6 is 0 Å². The fourth-order valence-electron chi connectivity index (χ4n) is 2.94. The Balaban J connectivity index is 1.76. The normalized spacial score (nSPS) is 10.3. The van der Waals surface area contributed by atoms with Gasteiger partial charge in [0.25, 0.3) is 11.8 Å². The molecule has 0 unspecified atom stereocenters. The van der Waals surface area contributed by atoms with Gasteiger partial charge >= 0.3 is 0 Å². The van der Waals surface area contributed by atoms with Gasteiger partial charge in [0.1, 0.15) is 11.4 Å². The highest BCUT2D eigenvalue weighted by molar-refractivity contribution is 6.05. The van der Waals surface area contributed by atoms with Crippen molar-refractivity contribution in [2.45, 2.75) is 13.5 Å². The standard InChI is InChI=1S/C23H23N3O3/c1-16-9-10-21(29-3)19(13-16)25-22(27)20-14-18(11-12-24-20)23(28)26(2)15-17-7-5-4-6-8-17/h4-14H,15H2,1-3H3,(H,25,27). The lowest BCUT2D eigenvalue weighted by Gasteiger charge is -2.17. The van der Waals surface area contributed by atoms with E-state index < -0.39 is 5.91 Å². The molecule has 6 heteroatoms. The molecule has 3 aromatic rings. The molecule has 2 amide bonds. The minimum Gasteiger partial charge on any atom is -0.495 e. The Morgan fingerprint density at radius 2 is 1.83 bits per heavy atom. The first-order chi connectivity index (χ1) is 14.0. The van der Waals surface area contributed by atoms with Crippen molar-refractivity contribution in [1.29, 1.82) is 0 Å². The Morgan fingerprint density at radius 3 is 2.55 bits per heavy atom. The Labute approximate surface area is 170 Å². The van der Waals surface area contributed by atoms with Crippen LogP contribution < -0.4 is 10.1 Å². The summed E-state index contributed by atoms with van der Waals surface area (Å²) in [6, 6.07) is 18.3. The third-order valence-corrected chi connectivity index (χ3v) is 4.45. The average molecular weight is 389 g/mol. The summed E-state index contributed by atoms with van der Waals surface area (Å²) >= 11 is 0. The summed E-state index contributed by atoms with van der Waals surface area (Å²) in [6.45, 7) is 2.40. The van der Waals surface area contributed by atoms with Gasteiger partial charge in [0.2, 0.25) is 0 Å². The zero-order valence-electron chi connectivity index (χ0n) is 16.7. The van der Waals surface area contributed by atoms with Crippen molar-refractivity contribution in [3.63, 3.8) is 0 Å². The maximum Gasteiger partial charge on any atom is 0.274 e. The lowest BCUT2D eigenvalue weighted by atomic mass is 10.1. The largest absolute Gasteiger partial charge is 0.495 e. The number of hydrogen-bond acceptors (Lipinski definition) is 4. The molecule has 2 aromatic carbocycles. The van der Waals surface area contributed by atoms with Gasteiger partial charge in [-0.1, -0.05) is 36.4 Å². The second-order valence-electron chi connectivity index (χ2n) is 6.73. The molecule has 1 N–H and O–H groups in total. The number of carbonyl (C=O) groups is 2. The van der Waals surface area contributed by atoms with Crippen molar-refractivity contribution in [2.75, 3.05) is 19.5 Å². The number of rotatable bonds is 6. The molecule has 0 aliphatic heterocycles. The van der Waals surface area contributed by atoms with Gasteiger partial charge in [-0.25, -0.2) is 0 Å². The van der Waals surface area contributed by atoms with E-state index in [4.69, 9.17) is 4.74 Å². The number of nitrogens with one attached hydrogen (secondary N) is 1. The molecule has 0 spiro atoms. The summed E-state index contributed by atoms with van der Waals surface area (Å²) in [5.41, 5.74) is 3.13. The number of methoxy groups -OCH3 is 1. The Bertz CT molecular complexity index is 1020. The van der Waals surface area contributed by atoms with Crippen LogP contribution in [0.3, 0.4) is 0 Å². The van der Waals surface area contributed by atoms with Crippen LogP contribution in [0.1, 0.15) is 32.0 Å². The van der Waals surface area contributed by atoms with E-state index in [1.54, 1.807) is 31.2 Å². The minimum atomic E-state index is -0.408. The lowest BCUT2D eigenvalue weighted by Crippen LogP contribution is -2.26. The number of amides is 2. The van der Waals surface area contributed by atoms with Crippen LogP contribution in [0, 0.1) is 6.92 Å². The lowest BCUT2D eigenvalue weighted by molar-refractivity contribution is 0.0785. The maximum atomic E-state index is 12.8. The number of pyridine rings is 1. The maximum absolute atomic E-state index is 12.8. The van der Waals surface area contributed by atoms with Gasteiger partial charge in [-0.2, -0.15) is 0 Å². The zero-order valence-corrected chi connectivity index (χ0v) is 16.7. The topological polar surface area (TPSA) is 71.5 Å². The number of carbonyl (C=O) groups excluding carboxylic acids is 2. The predicted molar refractivity (Wildman–Crippen MR) is 112 cm³/mol. The molecule has 1 heterocycles. The first-order valence-corrected chi connectivity index (χ1v) is 9.19. The predicted octanol–water partition coefficient (Wildman–Crippen LogP) is 3.92. The molecule has 1 aromatic heterocycles. The minimum absolute atomic E-state index is 0.160. The molecule has 0 saturated carbocycles. The number of hydrogen-bond donors (Lipinski definition) is 1. The van der Waals surface area contributed by atoms with E-state index in [1.165, 1.54) is 12.3 Å². The smallest absolute Gasteiger partial charge is 0.274 e. The van der Waals surface area contributed by atoms with Gasteiger partial charge < -0.3 is 15.0 Å². The van der Waals surface area contributed by atoms with E-state index in [9.17, 15) is 9.59 Å². The van der Waals surface area contributed by atoms with Crippen LogP contribution in [0.25, 0.3) is 0 Å². The fourth-order valence-corrected chi connectivity index (χ4v) is 2.94. The number of anilines is 1. The quantitative estimate of drug-likeness (QED) is 0.694. The fraction of sp³-hybridized carbons (Fsp3) is 0.174. The molecule has 0 aliphatic rings. The molecule has 148 valence electrons. The van der Waals surface area contributed by atoms with Gasteiger partial charge in [0.05, 0.1) is 12.8 Å². The van der Waals surface area contributed by atoms with Crippen LogP contribution in [0.2, 0.25) is 0 Å². The zero-order chi connectivity index (χ0) is 20.8. The van der Waals surface area contributed by atoms with Crippen molar-refractivity contribution in [1.82, 2.24) is 9.88 Å². The van der Waals surface area contributed by atoms with Crippen molar-refractivity contribution >= 4 is 17.5 Å². The van der Waals surface area contributed by atoms with E-state index in [0.717, 1.165) is 11.1 Å². The molecule has 0 atom stereocenters. The second-order valence-corrected chi connectivity index (χ2v) is 6.73. The van der Waals surface area contributed by atoms with Crippen molar-refractivity contribution < 1.29 is 14.3 Å². The highest BCUT2D eigenvalue weighted by atomic mass is 16.5. The van der Waals surface area contributed by atoms with E-state index in [-0.39, 0.29) is 11.6 Å². The molecular formula is C23H23N3O3. The molecule has 3 rings (SSSR count). The van der Waals surface area contributed by atoms with E-state index in [0.29, 0.717) is 23.5 Å². The van der Waals surface area contributed by atoms with E-state index in [2.05, 4.69) is 10.3 Å². The third kappa shape index (κ3) is 4.99. The first-order valence-electron chi connectivity index (χ1n) is 9.19. The molecule has 0 radical (unpaired) electrons. The number of benzene rings is 2.